The zero-order valence-electron chi connectivity index (χ0n) is 8.76. The number of rotatable bonds is 3. The molecule has 2 nitrogen and oxygen atoms in total. The van der Waals surface area contributed by atoms with E-state index < -0.39 is 0 Å². The summed E-state index contributed by atoms with van der Waals surface area (Å²) in [6.45, 7) is 0. The Morgan fingerprint density at radius 3 is 2.00 bits per heavy atom. The molecule has 2 aromatic carbocycles. The first-order valence-electron chi connectivity index (χ1n) is 4.89. The number of benzene rings is 2. The van der Waals surface area contributed by atoms with Crippen LogP contribution < -0.4 is 0 Å². The van der Waals surface area contributed by atoms with Gasteiger partial charge in [0.15, 0.2) is 0 Å². The molecule has 0 aliphatic rings. The minimum absolute atomic E-state index is 0.245. The lowest BCUT2D eigenvalue weighted by Crippen LogP contribution is -1.75. The van der Waals surface area contributed by atoms with Crippen molar-refractivity contribution in [3.05, 3.63) is 54.3 Å². The van der Waals surface area contributed by atoms with Crippen LogP contribution in [0.1, 0.15) is 0 Å². The fourth-order valence-electron chi connectivity index (χ4n) is 1.28. The minimum atomic E-state index is -0.245. The number of carbonyl (C=O) groups excluding carboxylic acids is 1. The third-order valence-electron chi connectivity index (χ3n) is 2.06. The molecule has 0 atom stereocenters. The molecule has 0 heterocycles. The maximum Gasteiger partial charge on any atom is 0.240 e. The van der Waals surface area contributed by atoms with Gasteiger partial charge in [0.05, 0.1) is 5.69 Å². The van der Waals surface area contributed by atoms with Crippen molar-refractivity contribution in [2.24, 2.45) is 4.99 Å². The van der Waals surface area contributed by atoms with Crippen LogP contribution in [0, 0.1) is 5.82 Å². The highest BCUT2D eigenvalue weighted by molar-refractivity contribution is 7.99. The molecular weight excluding hydrogens is 237 g/mol. The number of nitrogens with zero attached hydrogens (tertiary/aromatic N) is 1. The summed E-state index contributed by atoms with van der Waals surface area (Å²) >= 11 is 1.52. The first-order valence-corrected chi connectivity index (χ1v) is 5.71. The van der Waals surface area contributed by atoms with Gasteiger partial charge in [0.25, 0.3) is 0 Å². The van der Waals surface area contributed by atoms with Crippen LogP contribution in [0.3, 0.4) is 0 Å². The summed E-state index contributed by atoms with van der Waals surface area (Å²) in [5.41, 5.74) is 0.573. The van der Waals surface area contributed by atoms with Crippen molar-refractivity contribution >= 4 is 23.5 Å². The number of hydrogen-bond donors (Lipinski definition) is 0. The molecule has 0 aliphatic carbocycles. The molecule has 4 heteroatoms. The van der Waals surface area contributed by atoms with Crippen molar-refractivity contribution in [2.75, 3.05) is 0 Å². The molecule has 17 heavy (non-hydrogen) atoms. The molecule has 2 rings (SSSR count). The van der Waals surface area contributed by atoms with Crippen molar-refractivity contribution in [1.82, 2.24) is 0 Å². The molecule has 0 aromatic heterocycles. The van der Waals surface area contributed by atoms with E-state index in [1.807, 2.05) is 12.1 Å². The average molecular weight is 245 g/mol. The van der Waals surface area contributed by atoms with Gasteiger partial charge in [0.2, 0.25) is 6.08 Å². The van der Waals surface area contributed by atoms with E-state index >= 15 is 0 Å². The minimum Gasteiger partial charge on any atom is -0.211 e. The zero-order valence-corrected chi connectivity index (χ0v) is 9.58. The Hall–Kier alpha value is -1.90. The van der Waals surface area contributed by atoms with Crippen LogP contribution in [0.25, 0.3) is 0 Å². The van der Waals surface area contributed by atoms with Crippen LogP contribution in [0.4, 0.5) is 10.1 Å². The summed E-state index contributed by atoms with van der Waals surface area (Å²) in [5.74, 6) is -0.245. The highest BCUT2D eigenvalue weighted by Crippen LogP contribution is 2.28. The van der Waals surface area contributed by atoms with Gasteiger partial charge in [-0.2, -0.15) is 4.99 Å². The van der Waals surface area contributed by atoms with Crippen LogP contribution in [0.2, 0.25) is 0 Å². The molecule has 0 aliphatic heterocycles. The maximum atomic E-state index is 12.7. The molecule has 2 aromatic rings. The van der Waals surface area contributed by atoms with E-state index in [0.717, 1.165) is 9.79 Å². The van der Waals surface area contributed by atoms with Gasteiger partial charge in [-0.05, 0) is 48.5 Å². The van der Waals surface area contributed by atoms with Crippen LogP contribution in [-0.2, 0) is 4.79 Å². The summed E-state index contributed by atoms with van der Waals surface area (Å²) in [4.78, 5) is 15.5. The molecule has 0 unspecified atom stereocenters. The predicted molar refractivity (Wildman–Crippen MR) is 64.7 cm³/mol. The standard InChI is InChI=1S/C13H8FNOS/c14-10-1-5-12(6-2-10)17-13-7-3-11(4-8-13)15-9-16/h1-8H. The maximum absolute atomic E-state index is 12.7. The fourth-order valence-corrected chi connectivity index (χ4v) is 2.10. The van der Waals surface area contributed by atoms with E-state index in [9.17, 15) is 9.18 Å². The SMILES string of the molecule is O=C=Nc1ccc(Sc2ccc(F)cc2)cc1. The van der Waals surface area contributed by atoms with Gasteiger partial charge >= 0.3 is 0 Å². The van der Waals surface area contributed by atoms with Crippen molar-refractivity contribution in [3.63, 3.8) is 0 Å². The molecule has 0 fully saturated rings. The molecular formula is C13H8FNOS. The van der Waals surface area contributed by atoms with Crippen LogP contribution in [0.15, 0.2) is 63.3 Å². The Kier molecular flexibility index (Phi) is 3.70. The van der Waals surface area contributed by atoms with Crippen molar-refractivity contribution in [2.45, 2.75) is 9.79 Å². The molecule has 0 amide bonds. The summed E-state index contributed by atoms with van der Waals surface area (Å²) in [6.07, 6.45) is 1.49. The summed E-state index contributed by atoms with van der Waals surface area (Å²) in [7, 11) is 0. The molecule has 0 bridgehead atoms. The number of halogens is 1. The first-order chi connectivity index (χ1) is 8.28. The van der Waals surface area contributed by atoms with Crippen LogP contribution in [-0.4, -0.2) is 6.08 Å². The van der Waals surface area contributed by atoms with Gasteiger partial charge in [0, 0.05) is 9.79 Å². The van der Waals surface area contributed by atoms with Crippen molar-refractivity contribution in [1.29, 1.82) is 0 Å². The average Bonchev–Trinajstić information content (AvgIpc) is 2.35. The molecule has 0 N–H and O–H groups in total. The second-order valence-electron chi connectivity index (χ2n) is 3.25. The Bertz CT molecular complexity index is 545. The van der Waals surface area contributed by atoms with Crippen LogP contribution >= 0.6 is 11.8 Å². The Balaban J connectivity index is 2.13. The van der Waals surface area contributed by atoms with Gasteiger partial charge in [-0.1, -0.05) is 11.8 Å². The molecule has 0 radical (unpaired) electrons. The Morgan fingerprint density at radius 2 is 1.47 bits per heavy atom. The van der Waals surface area contributed by atoms with E-state index in [1.54, 1.807) is 24.3 Å². The quantitative estimate of drug-likeness (QED) is 0.605. The fraction of sp³-hybridized carbons (Fsp3) is 0. The lowest BCUT2D eigenvalue weighted by atomic mass is 10.3. The third-order valence-corrected chi connectivity index (χ3v) is 3.08. The lowest BCUT2D eigenvalue weighted by molar-refractivity contribution is 0.565. The lowest BCUT2D eigenvalue weighted by Gasteiger charge is -2.01. The van der Waals surface area contributed by atoms with E-state index in [1.165, 1.54) is 30.0 Å². The number of isocyanates is 1. The van der Waals surface area contributed by atoms with E-state index in [2.05, 4.69) is 4.99 Å². The topological polar surface area (TPSA) is 29.4 Å². The molecule has 0 saturated carbocycles. The first kappa shape index (κ1) is 11.6. The normalized spacial score (nSPS) is 9.71. The largest absolute Gasteiger partial charge is 0.240 e. The zero-order chi connectivity index (χ0) is 12.1. The molecule has 0 saturated heterocycles. The van der Waals surface area contributed by atoms with Crippen molar-refractivity contribution < 1.29 is 9.18 Å². The van der Waals surface area contributed by atoms with E-state index in [4.69, 9.17) is 0 Å². The Morgan fingerprint density at radius 1 is 0.941 bits per heavy atom. The molecule has 0 spiro atoms. The summed E-state index contributed by atoms with van der Waals surface area (Å²) in [6, 6.07) is 13.5. The number of aliphatic imine (C=N–C) groups is 1. The van der Waals surface area contributed by atoms with Gasteiger partial charge < -0.3 is 0 Å². The van der Waals surface area contributed by atoms with E-state index in [0.29, 0.717) is 5.69 Å². The van der Waals surface area contributed by atoms with Crippen molar-refractivity contribution in [3.8, 4) is 0 Å². The highest BCUT2D eigenvalue weighted by Gasteiger charge is 1.98. The Labute approximate surface area is 102 Å². The third kappa shape index (κ3) is 3.28. The predicted octanol–water partition coefficient (Wildman–Crippen LogP) is 3.94. The monoisotopic (exact) mass is 245 g/mol. The highest BCUT2D eigenvalue weighted by atomic mass is 32.2. The number of hydrogen-bond acceptors (Lipinski definition) is 3. The smallest absolute Gasteiger partial charge is 0.211 e. The van der Waals surface area contributed by atoms with Crippen LogP contribution in [0.5, 0.6) is 0 Å². The van der Waals surface area contributed by atoms with Gasteiger partial charge in [0.1, 0.15) is 5.82 Å². The molecule has 84 valence electrons. The van der Waals surface area contributed by atoms with Gasteiger partial charge in [-0.3, -0.25) is 0 Å². The second-order valence-corrected chi connectivity index (χ2v) is 4.40. The van der Waals surface area contributed by atoms with Gasteiger partial charge in [-0.15, -0.1) is 0 Å². The summed E-state index contributed by atoms with van der Waals surface area (Å²) < 4.78 is 12.7. The second kappa shape index (κ2) is 5.43. The van der Waals surface area contributed by atoms with Gasteiger partial charge in [-0.25, -0.2) is 9.18 Å². The van der Waals surface area contributed by atoms with E-state index in [-0.39, 0.29) is 5.82 Å². The summed E-state index contributed by atoms with van der Waals surface area (Å²) in [5, 5.41) is 0.